The Labute approximate surface area is 117 Å². The summed E-state index contributed by atoms with van der Waals surface area (Å²) in [5.74, 6) is -0.0467. The van der Waals surface area contributed by atoms with Gasteiger partial charge in [0.15, 0.2) is 5.78 Å². The largest absolute Gasteiger partial charge is 0.378 e. The van der Waals surface area contributed by atoms with Gasteiger partial charge in [-0.05, 0) is 41.4 Å². The van der Waals surface area contributed by atoms with Gasteiger partial charge in [-0.3, -0.25) is 4.79 Å². The molecule has 1 aliphatic rings. The first-order valence-corrected chi connectivity index (χ1v) is 6.91. The molecule has 1 fully saturated rings. The molecule has 1 aliphatic heterocycles. The zero-order valence-electron chi connectivity index (χ0n) is 10.3. The average molecular weight is 325 g/mol. The maximum Gasteiger partial charge on any atom is 0.323 e. The molecule has 2 unspecified atom stereocenters. The van der Waals surface area contributed by atoms with Crippen molar-refractivity contribution in [2.45, 2.75) is 19.4 Å². The van der Waals surface area contributed by atoms with Crippen LogP contribution in [-0.2, 0) is 4.74 Å². The first kappa shape index (κ1) is 12.6. The molecule has 2 aromatic rings. The third kappa shape index (κ3) is 2.26. The number of benzene rings is 1. The number of aromatic amines is 2. The lowest BCUT2D eigenvalue weighted by Gasteiger charge is -2.08. The third-order valence-corrected chi connectivity index (χ3v) is 4.09. The number of ether oxygens (including phenoxy) is 1. The summed E-state index contributed by atoms with van der Waals surface area (Å²) in [6.45, 7) is 2.43. The van der Waals surface area contributed by atoms with Gasteiger partial charge in [-0.25, -0.2) is 4.79 Å². The minimum absolute atomic E-state index is 0.0557. The SMILES string of the molecule is CC1CC(C(=O)c2cc3[nH]c(=O)[nH]c3cc2Br)CO1. The first-order valence-electron chi connectivity index (χ1n) is 6.12. The van der Waals surface area contributed by atoms with E-state index in [0.717, 1.165) is 6.42 Å². The number of Topliss-reactive ketones (excluding diaryl/α,β-unsaturated/α-hetero) is 1. The van der Waals surface area contributed by atoms with Gasteiger partial charge >= 0.3 is 5.69 Å². The van der Waals surface area contributed by atoms with Gasteiger partial charge in [0.05, 0.1) is 23.7 Å². The molecule has 2 atom stereocenters. The highest BCUT2D eigenvalue weighted by atomic mass is 79.9. The van der Waals surface area contributed by atoms with Crippen LogP contribution in [0, 0.1) is 5.92 Å². The van der Waals surface area contributed by atoms with Crippen LogP contribution >= 0.6 is 15.9 Å². The quantitative estimate of drug-likeness (QED) is 0.832. The Kier molecular flexibility index (Phi) is 3.06. The first-order chi connectivity index (χ1) is 9.04. The van der Waals surface area contributed by atoms with E-state index in [9.17, 15) is 9.59 Å². The van der Waals surface area contributed by atoms with Gasteiger partial charge in [0.1, 0.15) is 0 Å². The van der Waals surface area contributed by atoms with Crippen LogP contribution < -0.4 is 5.69 Å². The van der Waals surface area contributed by atoms with E-state index < -0.39 is 0 Å². The minimum atomic E-state index is -0.274. The number of carbonyl (C=O) groups is 1. The predicted octanol–water partition coefficient (Wildman–Crippen LogP) is 2.23. The van der Waals surface area contributed by atoms with Crippen LogP contribution in [0.5, 0.6) is 0 Å². The molecule has 5 nitrogen and oxygen atoms in total. The maximum absolute atomic E-state index is 12.5. The smallest absolute Gasteiger partial charge is 0.323 e. The number of nitrogens with one attached hydrogen (secondary N) is 2. The van der Waals surface area contributed by atoms with Gasteiger partial charge in [-0.1, -0.05) is 0 Å². The average Bonchev–Trinajstić information content (AvgIpc) is 2.92. The van der Waals surface area contributed by atoms with E-state index in [1.807, 2.05) is 6.92 Å². The van der Waals surface area contributed by atoms with E-state index in [1.165, 1.54) is 0 Å². The summed E-state index contributed by atoms with van der Waals surface area (Å²) in [4.78, 5) is 29.0. The molecule has 3 rings (SSSR count). The fraction of sp³-hybridized carbons (Fsp3) is 0.385. The third-order valence-electron chi connectivity index (χ3n) is 3.44. The zero-order chi connectivity index (χ0) is 13.6. The monoisotopic (exact) mass is 324 g/mol. The molecule has 0 bridgehead atoms. The molecular formula is C13H13BrN2O3. The topological polar surface area (TPSA) is 75.0 Å². The number of hydrogen-bond acceptors (Lipinski definition) is 3. The number of halogens is 1. The summed E-state index contributed by atoms with van der Waals surface area (Å²) < 4.78 is 6.13. The van der Waals surface area contributed by atoms with Crippen molar-refractivity contribution >= 4 is 32.7 Å². The fourth-order valence-corrected chi connectivity index (χ4v) is 3.00. The Bertz CT molecular complexity index is 703. The second kappa shape index (κ2) is 4.61. The summed E-state index contributed by atoms with van der Waals surface area (Å²) in [7, 11) is 0. The maximum atomic E-state index is 12.5. The van der Waals surface area contributed by atoms with Gasteiger partial charge in [0, 0.05) is 16.0 Å². The van der Waals surface area contributed by atoms with Gasteiger partial charge in [-0.2, -0.15) is 0 Å². The molecule has 1 saturated heterocycles. The predicted molar refractivity (Wildman–Crippen MR) is 74.5 cm³/mol. The van der Waals surface area contributed by atoms with E-state index in [4.69, 9.17) is 4.74 Å². The Morgan fingerprint density at radius 3 is 2.68 bits per heavy atom. The van der Waals surface area contributed by atoms with E-state index >= 15 is 0 Å². The number of aromatic nitrogens is 2. The summed E-state index contributed by atoms with van der Waals surface area (Å²) in [5, 5.41) is 0. The molecule has 1 aromatic carbocycles. The lowest BCUT2D eigenvalue weighted by atomic mass is 9.95. The van der Waals surface area contributed by atoms with Crippen molar-refractivity contribution in [3.8, 4) is 0 Å². The molecule has 0 spiro atoms. The van der Waals surface area contributed by atoms with E-state index in [-0.39, 0.29) is 23.5 Å². The number of carbonyl (C=O) groups excluding carboxylic acids is 1. The van der Waals surface area contributed by atoms with Crippen molar-refractivity contribution < 1.29 is 9.53 Å². The number of ketones is 1. The molecule has 100 valence electrons. The molecule has 6 heteroatoms. The second-order valence-corrected chi connectivity index (χ2v) is 5.75. The summed E-state index contributed by atoms with van der Waals surface area (Å²) in [6.07, 6.45) is 0.871. The molecule has 1 aromatic heterocycles. The zero-order valence-corrected chi connectivity index (χ0v) is 11.9. The van der Waals surface area contributed by atoms with E-state index in [2.05, 4.69) is 25.9 Å². The van der Waals surface area contributed by atoms with E-state index in [1.54, 1.807) is 12.1 Å². The Hall–Kier alpha value is -1.40. The lowest BCUT2D eigenvalue weighted by molar-refractivity contribution is 0.0877. The number of imidazole rings is 1. The molecular weight excluding hydrogens is 312 g/mol. The fourth-order valence-electron chi connectivity index (χ4n) is 2.46. The number of hydrogen-bond donors (Lipinski definition) is 2. The Morgan fingerprint density at radius 1 is 1.37 bits per heavy atom. The van der Waals surface area contributed by atoms with Crippen LogP contribution in [0.1, 0.15) is 23.7 Å². The number of fused-ring (bicyclic) bond motifs is 1. The van der Waals surface area contributed by atoms with Gasteiger partial charge in [-0.15, -0.1) is 0 Å². The molecule has 0 aliphatic carbocycles. The van der Waals surface area contributed by atoms with Crippen molar-refractivity contribution in [2.24, 2.45) is 5.92 Å². The van der Waals surface area contributed by atoms with Crippen LogP contribution in [0.4, 0.5) is 0 Å². The highest BCUT2D eigenvalue weighted by Crippen LogP contribution is 2.28. The normalized spacial score (nSPS) is 23.1. The minimum Gasteiger partial charge on any atom is -0.378 e. The van der Waals surface area contributed by atoms with Crippen molar-refractivity contribution in [1.29, 1.82) is 0 Å². The summed E-state index contributed by atoms with van der Waals surface area (Å²) >= 11 is 3.39. The molecule has 0 amide bonds. The van der Waals surface area contributed by atoms with Crippen molar-refractivity contribution in [3.05, 3.63) is 32.7 Å². The van der Waals surface area contributed by atoms with Crippen molar-refractivity contribution in [3.63, 3.8) is 0 Å². The molecule has 0 radical (unpaired) electrons. The standard InChI is InChI=1S/C13H13BrN2O3/c1-6-2-7(5-19-6)12(17)8-3-10-11(4-9(8)14)16-13(18)15-10/h3-4,6-7H,2,5H2,1H3,(H2,15,16,18). The van der Waals surface area contributed by atoms with Crippen molar-refractivity contribution in [1.82, 2.24) is 9.97 Å². The molecule has 0 saturated carbocycles. The highest BCUT2D eigenvalue weighted by molar-refractivity contribution is 9.10. The van der Waals surface area contributed by atoms with Gasteiger partial charge < -0.3 is 14.7 Å². The highest BCUT2D eigenvalue weighted by Gasteiger charge is 2.30. The van der Waals surface area contributed by atoms with Crippen LogP contribution in [0.3, 0.4) is 0 Å². The van der Waals surface area contributed by atoms with Crippen LogP contribution in [-0.4, -0.2) is 28.5 Å². The number of H-pyrrole nitrogens is 2. The van der Waals surface area contributed by atoms with Crippen LogP contribution in [0.2, 0.25) is 0 Å². The molecule has 2 N–H and O–H groups in total. The van der Waals surface area contributed by atoms with Crippen LogP contribution in [0.15, 0.2) is 21.4 Å². The van der Waals surface area contributed by atoms with Gasteiger partial charge in [0.25, 0.3) is 0 Å². The Morgan fingerprint density at radius 2 is 2.05 bits per heavy atom. The van der Waals surface area contributed by atoms with Crippen LogP contribution in [0.25, 0.3) is 11.0 Å². The van der Waals surface area contributed by atoms with Gasteiger partial charge in [0.2, 0.25) is 0 Å². The Balaban J connectivity index is 2.01. The summed E-state index contributed by atoms with van der Waals surface area (Å²) in [5.41, 5.74) is 1.64. The second-order valence-electron chi connectivity index (χ2n) is 4.90. The lowest BCUT2D eigenvalue weighted by Crippen LogP contribution is -2.15. The summed E-state index contributed by atoms with van der Waals surface area (Å²) in [6, 6.07) is 3.46. The van der Waals surface area contributed by atoms with E-state index in [0.29, 0.717) is 27.7 Å². The molecule has 19 heavy (non-hydrogen) atoms. The van der Waals surface area contributed by atoms with Crippen molar-refractivity contribution in [2.75, 3.05) is 6.61 Å². The number of rotatable bonds is 2. The molecule has 2 heterocycles.